The zero-order valence-electron chi connectivity index (χ0n) is 16.8. The number of ketones is 1. The maximum absolute atomic E-state index is 14.4. The summed E-state index contributed by atoms with van der Waals surface area (Å²) in [5.41, 5.74) is 1.98. The Balaban J connectivity index is 1.28. The predicted molar refractivity (Wildman–Crippen MR) is 112 cm³/mol. The average molecular weight is 431 g/mol. The molecule has 1 amide bonds. The number of rotatable bonds is 5. The Morgan fingerprint density at radius 2 is 1.87 bits per heavy atom. The van der Waals surface area contributed by atoms with Crippen molar-refractivity contribution in [2.45, 2.75) is 26.2 Å². The Kier molecular flexibility index (Phi) is 5.85. The third-order valence-electron chi connectivity index (χ3n) is 5.60. The molecule has 0 unspecified atom stereocenters. The van der Waals surface area contributed by atoms with E-state index in [4.69, 9.17) is 4.74 Å². The van der Waals surface area contributed by atoms with Crippen LogP contribution in [0.3, 0.4) is 0 Å². The quantitative estimate of drug-likeness (QED) is 0.539. The molecule has 6 nitrogen and oxygen atoms in total. The molecular weight excluding hydrogens is 407 g/mol. The molecule has 2 aliphatic rings. The van der Waals surface area contributed by atoms with Gasteiger partial charge in [-0.1, -0.05) is 0 Å². The summed E-state index contributed by atoms with van der Waals surface area (Å²) in [6.45, 7) is 2.87. The van der Waals surface area contributed by atoms with Crippen molar-refractivity contribution in [2.24, 2.45) is 0 Å². The summed E-state index contributed by atoms with van der Waals surface area (Å²) < 4.78 is 19.6. The number of benzene rings is 1. The highest BCUT2D eigenvalue weighted by atomic mass is 32.1. The molecule has 1 fully saturated rings. The maximum atomic E-state index is 14.4. The normalized spacial score (nSPS) is 15.8. The number of esters is 1. The van der Waals surface area contributed by atoms with E-state index in [0.29, 0.717) is 42.3 Å². The molecule has 4 rings (SSSR count). The molecule has 158 valence electrons. The van der Waals surface area contributed by atoms with Crippen molar-refractivity contribution in [3.8, 4) is 0 Å². The molecule has 1 saturated heterocycles. The van der Waals surface area contributed by atoms with Crippen LogP contribution in [0.15, 0.2) is 24.3 Å². The number of ether oxygens (including phenoxy) is 1. The van der Waals surface area contributed by atoms with Gasteiger partial charge in [0.25, 0.3) is 5.91 Å². The maximum Gasteiger partial charge on any atom is 0.348 e. The van der Waals surface area contributed by atoms with Gasteiger partial charge in [0.2, 0.25) is 0 Å². The van der Waals surface area contributed by atoms with Crippen LogP contribution in [0.2, 0.25) is 0 Å². The second kappa shape index (κ2) is 8.55. The molecule has 0 atom stereocenters. The van der Waals surface area contributed by atoms with Gasteiger partial charge < -0.3 is 14.5 Å². The van der Waals surface area contributed by atoms with Crippen molar-refractivity contribution in [1.29, 1.82) is 0 Å². The van der Waals surface area contributed by atoms with E-state index < -0.39 is 11.8 Å². The highest BCUT2D eigenvalue weighted by Gasteiger charge is 2.25. The smallest absolute Gasteiger partial charge is 0.348 e. The second-order valence-corrected chi connectivity index (χ2v) is 8.72. The van der Waals surface area contributed by atoms with Gasteiger partial charge in [-0.3, -0.25) is 9.59 Å². The summed E-state index contributed by atoms with van der Waals surface area (Å²) in [5.74, 6) is -1.33. The van der Waals surface area contributed by atoms with Gasteiger partial charge in [-0.15, -0.1) is 11.3 Å². The van der Waals surface area contributed by atoms with E-state index in [-0.39, 0.29) is 18.3 Å². The Labute approximate surface area is 178 Å². The largest absolute Gasteiger partial charge is 0.451 e. The Morgan fingerprint density at radius 3 is 2.53 bits per heavy atom. The number of aryl methyl sites for hydroxylation is 2. The third kappa shape index (κ3) is 4.23. The highest BCUT2D eigenvalue weighted by molar-refractivity contribution is 7.14. The molecule has 0 N–H and O–H groups in total. The lowest BCUT2D eigenvalue weighted by atomic mass is 10.1. The van der Waals surface area contributed by atoms with Crippen molar-refractivity contribution in [2.75, 3.05) is 37.7 Å². The van der Waals surface area contributed by atoms with Crippen molar-refractivity contribution in [3.05, 3.63) is 51.0 Å². The van der Waals surface area contributed by atoms with Crippen LogP contribution in [0.25, 0.3) is 0 Å². The molecule has 2 aromatic rings. The number of halogens is 1. The first-order valence-corrected chi connectivity index (χ1v) is 10.9. The summed E-state index contributed by atoms with van der Waals surface area (Å²) in [4.78, 5) is 41.3. The van der Waals surface area contributed by atoms with Crippen LogP contribution >= 0.6 is 11.3 Å². The number of thiophene rings is 1. The number of hydrogen-bond acceptors (Lipinski definition) is 6. The Hall–Kier alpha value is -2.74. The van der Waals surface area contributed by atoms with Gasteiger partial charge in [0, 0.05) is 36.6 Å². The molecule has 8 heteroatoms. The fourth-order valence-corrected chi connectivity index (χ4v) is 5.05. The minimum atomic E-state index is -0.450. The lowest BCUT2D eigenvalue weighted by Gasteiger charge is -2.36. The number of hydrogen-bond donors (Lipinski definition) is 0. The van der Waals surface area contributed by atoms with Crippen molar-refractivity contribution in [1.82, 2.24) is 4.90 Å². The summed E-state index contributed by atoms with van der Waals surface area (Å²) in [6, 6.07) is 6.33. The number of piperazine rings is 1. The SMILES string of the molecule is CC(=O)c1ccc(N2CCN(C(=O)COC(=O)c3cc4c(s3)CCC4)CC2)c(F)c1. The molecule has 0 bridgehead atoms. The fraction of sp³-hybridized carbons (Fsp3) is 0.409. The molecule has 1 aromatic heterocycles. The van der Waals surface area contributed by atoms with E-state index in [0.717, 1.165) is 19.3 Å². The summed E-state index contributed by atoms with van der Waals surface area (Å²) in [5, 5.41) is 0. The van der Waals surface area contributed by atoms with Gasteiger partial charge in [-0.2, -0.15) is 0 Å². The molecule has 1 aliphatic carbocycles. The number of carbonyl (C=O) groups is 3. The standard InChI is InChI=1S/C22H23FN2O4S/c1-14(26)15-5-6-18(17(23)11-15)24-7-9-25(10-8-24)21(27)13-29-22(28)20-12-16-3-2-4-19(16)30-20/h5-6,11-12H,2-4,7-10,13H2,1H3. The lowest BCUT2D eigenvalue weighted by Crippen LogP contribution is -2.50. The van der Waals surface area contributed by atoms with E-state index in [1.54, 1.807) is 17.0 Å². The second-order valence-electron chi connectivity index (χ2n) is 7.58. The fourth-order valence-electron chi connectivity index (χ4n) is 3.90. The third-order valence-corrected chi connectivity index (χ3v) is 6.82. The first-order valence-electron chi connectivity index (χ1n) is 10.0. The van der Waals surface area contributed by atoms with Gasteiger partial charge in [-0.25, -0.2) is 9.18 Å². The van der Waals surface area contributed by atoms with E-state index in [1.807, 2.05) is 11.0 Å². The zero-order chi connectivity index (χ0) is 21.3. The lowest BCUT2D eigenvalue weighted by molar-refractivity contribution is -0.134. The molecule has 30 heavy (non-hydrogen) atoms. The number of amides is 1. The van der Waals surface area contributed by atoms with Crippen LogP contribution in [0, 0.1) is 5.82 Å². The summed E-state index contributed by atoms with van der Waals surface area (Å²) in [7, 11) is 0. The van der Waals surface area contributed by atoms with E-state index in [1.165, 1.54) is 34.8 Å². The topological polar surface area (TPSA) is 66.9 Å². The zero-order valence-corrected chi connectivity index (χ0v) is 17.6. The minimum Gasteiger partial charge on any atom is -0.451 e. The molecule has 1 aliphatic heterocycles. The van der Waals surface area contributed by atoms with E-state index >= 15 is 0 Å². The van der Waals surface area contributed by atoms with Gasteiger partial charge in [0.15, 0.2) is 12.4 Å². The monoisotopic (exact) mass is 430 g/mol. The van der Waals surface area contributed by atoms with Gasteiger partial charge >= 0.3 is 5.97 Å². The predicted octanol–water partition coefficient (Wildman–Crippen LogP) is 3.08. The number of fused-ring (bicyclic) bond motifs is 1. The van der Waals surface area contributed by atoms with Crippen LogP contribution in [0.4, 0.5) is 10.1 Å². The summed E-state index contributed by atoms with van der Waals surface area (Å²) in [6.07, 6.45) is 3.14. The van der Waals surface area contributed by atoms with Crippen molar-refractivity contribution < 1.29 is 23.5 Å². The van der Waals surface area contributed by atoms with Gasteiger partial charge in [0.05, 0.1) is 5.69 Å². The summed E-state index contributed by atoms with van der Waals surface area (Å²) >= 11 is 1.46. The molecule has 1 aromatic carbocycles. The molecular formula is C22H23FN2O4S. The highest BCUT2D eigenvalue weighted by Crippen LogP contribution is 2.31. The molecule has 0 saturated carbocycles. The first-order chi connectivity index (χ1) is 14.4. The van der Waals surface area contributed by atoms with E-state index in [2.05, 4.69) is 0 Å². The first kappa shape index (κ1) is 20.5. The van der Waals surface area contributed by atoms with Crippen molar-refractivity contribution >= 4 is 34.7 Å². The van der Waals surface area contributed by atoms with E-state index in [9.17, 15) is 18.8 Å². The van der Waals surface area contributed by atoms with Crippen molar-refractivity contribution in [3.63, 3.8) is 0 Å². The number of nitrogens with zero attached hydrogens (tertiary/aromatic N) is 2. The number of Topliss-reactive ketones (excluding diaryl/α,β-unsaturated/α-hetero) is 1. The van der Waals surface area contributed by atoms with Crippen LogP contribution in [0.1, 0.15) is 43.8 Å². The Morgan fingerprint density at radius 1 is 1.10 bits per heavy atom. The van der Waals surface area contributed by atoms with Gasteiger partial charge in [-0.05, 0) is 56.0 Å². The van der Waals surface area contributed by atoms with Crippen LogP contribution in [0.5, 0.6) is 0 Å². The van der Waals surface area contributed by atoms with Gasteiger partial charge in [0.1, 0.15) is 10.7 Å². The van der Waals surface area contributed by atoms with Crippen LogP contribution < -0.4 is 4.90 Å². The Bertz CT molecular complexity index is 974. The molecule has 0 spiro atoms. The average Bonchev–Trinajstić information content (AvgIpc) is 3.34. The number of anilines is 1. The molecule has 2 heterocycles. The molecule has 0 radical (unpaired) electrons. The minimum absolute atomic E-state index is 0.183. The van der Waals surface area contributed by atoms with Crippen LogP contribution in [-0.2, 0) is 22.4 Å². The van der Waals surface area contributed by atoms with Crippen LogP contribution in [-0.4, -0.2) is 55.3 Å². The number of carbonyl (C=O) groups excluding carboxylic acids is 3.